The van der Waals surface area contributed by atoms with Crippen LogP contribution in [0.1, 0.15) is 5.56 Å². The summed E-state index contributed by atoms with van der Waals surface area (Å²) in [5, 5.41) is 2.89. The molecule has 0 saturated carbocycles. The molecule has 0 aliphatic heterocycles. The maximum atomic E-state index is 11.8. The summed E-state index contributed by atoms with van der Waals surface area (Å²) in [5.74, 6) is 0.390. The Balaban J connectivity index is 1.51. The van der Waals surface area contributed by atoms with Crippen molar-refractivity contribution < 1.29 is 4.79 Å². The van der Waals surface area contributed by atoms with Crippen molar-refractivity contribution in [3.63, 3.8) is 0 Å². The molecule has 21 heavy (non-hydrogen) atoms. The Morgan fingerprint density at radius 2 is 2.00 bits per heavy atom. The van der Waals surface area contributed by atoms with Gasteiger partial charge >= 0.3 is 0 Å². The number of amides is 1. The number of pyridine rings is 1. The lowest BCUT2D eigenvalue weighted by Gasteiger charge is -2.03. The minimum Gasteiger partial charge on any atom is -0.351 e. The highest BCUT2D eigenvalue weighted by Crippen LogP contribution is 2.28. The molecule has 0 aliphatic rings. The molecule has 2 aromatic heterocycles. The van der Waals surface area contributed by atoms with E-state index in [1.54, 1.807) is 23.7 Å². The molecule has 1 N–H and O–H groups in total. The van der Waals surface area contributed by atoms with Gasteiger partial charge in [0, 0.05) is 18.9 Å². The van der Waals surface area contributed by atoms with Crippen LogP contribution in [0.4, 0.5) is 0 Å². The number of hydrogen-bond donors (Lipinski definition) is 1. The maximum Gasteiger partial charge on any atom is 0.230 e. The summed E-state index contributed by atoms with van der Waals surface area (Å²) in [4.78, 5) is 20.3. The fourth-order valence-corrected chi connectivity index (χ4v) is 3.69. The number of aromatic nitrogens is 2. The fourth-order valence-electron chi connectivity index (χ4n) is 1.79. The smallest absolute Gasteiger partial charge is 0.230 e. The molecule has 0 atom stereocenters. The van der Waals surface area contributed by atoms with Crippen LogP contribution in [-0.2, 0) is 11.3 Å². The van der Waals surface area contributed by atoms with E-state index >= 15 is 0 Å². The summed E-state index contributed by atoms with van der Waals surface area (Å²) in [6.45, 7) is 0.530. The van der Waals surface area contributed by atoms with Gasteiger partial charge in [-0.3, -0.25) is 9.78 Å². The van der Waals surface area contributed by atoms with Gasteiger partial charge in [0.1, 0.15) is 0 Å². The van der Waals surface area contributed by atoms with Crippen molar-refractivity contribution >= 4 is 39.2 Å². The second kappa shape index (κ2) is 6.69. The van der Waals surface area contributed by atoms with Crippen LogP contribution in [0, 0.1) is 0 Å². The van der Waals surface area contributed by atoms with E-state index in [4.69, 9.17) is 0 Å². The normalized spacial score (nSPS) is 10.7. The van der Waals surface area contributed by atoms with Gasteiger partial charge in [-0.1, -0.05) is 23.9 Å². The van der Waals surface area contributed by atoms with Crippen LogP contribution >= 0.6 is 23.1 Å². The van der Waals surface area contributed by atoms with Gasteiger partial charge in [-0.2, -0.15) is 0 Å². The topological polar surface area (TPSA) is 54.9 Å². The molecule has 0 bridgehead atoms. The van der Waals surface area contributed by atoms with Crippen molar-refractivity contribution in [3.05, 3.63) is 54.4 Å². The molecule has 3 aromatic rings. The van der Waals surface area contributed by atoms with E-state index in [1.807, 2.05) is 36.4 Å². The number of para-hydroxylation sites is 1. The molecular formula is C15H13N3OS2. The van der Waals surface area contributed by atoms with E-state index in [0.29, 0.717) is 12.3 Å². The Kier molecular flexibility index (Phi) is 4.47. The van der Waals surface area contributed by atoms with E-state index in [0.717, 1.165) is 20.1 Å². The lowest BCUT2D eigenvalue weighted by Crippen LogP contribution is -2.24. The molecule has 1 amide bonds. The highest BCUT2D eigenvalue weighted by Gasteiger charge is 2.07. The van der Waals surface area contributed by atoms with Gasteiger partial charge in [-0.15, -0.1) is 11.3 Å². The molecular weight excluding hydrogens is 302 g/mol. The summed E-state index contributed by atoms with van der Waals surface area (Å²) in [7, 11) is 0. The zero-order valence-corrected chi connectivity index (χ0v) is 12.8. The predicted octanol–water partition coefficient (Wildman–Crippen LogP) is 3.10. The molecule has 0 radical (unpaired) electrons. The van der Waals surface area contributed by atoms with E-state index in [2.05, 4.69) is 15.3 Å². The third-order valence-corrected chi connectivity index (χ3v) is 5.02. The molecule has 1 aromatic carbocycles. The predicted molar refractivity (Wildman–Crippen MR) is 86.4 cm³/mol. The molecule has 0 unspecified atom stereocenters. The van der Waals surface area contributed by atoms with Crippen molar-refractivity contribution in [2.75, 3.05) is 5.75 Å². The number of fused-ring (bicyclic) bond motifs is 1. The number of carbonyl (C=O) groups excluding carboxylic acids is 1. The standard InChI is InChI=1S/C15H13N3OS2/c19-14(17-9-11-5-7-16-8-6-11)10-20-15-18-12-3-1-2-4-13(12)21-15/h1-8H,9-10H2,(H,17,19). The fraction of sp³-hybridized carbons (Fsp3) is 0.133. The third kappa shape index (κ3) is 3.80. The summed E-state index contributed by atoms with van der Waals surface area (Å²) in [5.41, 5.74) is 2.03. The van der Waals surface area contributed by atoms with E-state index in [-0.39, 0.29) is 5.91 Å². The second-order valence-corrected chi connectivity index (χ2v) is 6.62. The Hall–Kier alpha value is -1.92. The number of rotatable bonds is 5. The minimum atomic E-state index is 0.0102. The van der Waals surface area contributed by atoms with Gasteiger partial charge in [0.05, 0.1) is 16.0 Å². The van der Waals surface area contributed by atoms with Crippen molar-refractivity contribution in [3.8, 4) is 0 Å². The number of thioether (sulfide) groups is 1. The van der Waals surface area contributed by atoms with Crippen LogP contribution in [0.25, 0.3) is 10.2 Å². The van der Waals surface area contributed by atoms with Crippen LogP contribution in [0.2, 0.25) is 0 Å². The molecule has 2 heterocycles. The first kappa shape index (κ1) is 14.0. The van der Waals surface area contributed by atoms with Crippen LogP contribution in [0.3, 0.4) is 0 Å². The lowest BCUT2D eigenvalue weighted by molar-refractivity contribution is -0.118. The van der Waals surface area contributed by atoms with Crippen LogP contribution in [0.15, 0.2) is 53.1 Å². The highest BCUT2D eigenvalue weighted by molar-refractivity contribution is 8.01. The molecule has 6 heteroatoms. The van der Waals surface area contributed by atoms with E-state index < -0.39 is 0 Å². The van der Waals surface area contributed by atoms with Gasteiger partial charge in [-0.05, 0) is 29.8 Å². The van der Waals surface area contributed by atoms with Crippen LogP contribution in [-0.4, -0.2) is 21.6 Å². The van der Waals surface area contributed by atoms with Crippen molar-refractivity contribution in [1.82, 2.24) is 15.3 Å². The number of carbonyl (C=O) groups is 1. The van der Waals surface area contributed by atoms with Crippen LogP contribution in [0.5, 0.6) is 0 Å². The number of benzene rings is 1. The van der Waals surface area contributed by atoms with Gasteiger partial charge in [0.25, 0.3) is 0 Å². The zero-order chi connectivity index (χ0) is 14.5. The van der Waals surface area contributed by atoms with Gasteiger partial charge in [-0.25, -0.2) is 4.98 Å². The second-order valence-electron chi connectivity index (χ2n) is 4.37. The van der Waals surface area contributed by atoms with Gasteiger partial charge in [0.15, 0.2) is 4.34 Å². The third-order valence-electron chi connectivity index (χ3n) is 2.84. The SMILES string of the molecule is O=C(CSc1nc2ccccc2s1)NCc1ccncc1. The van der Waals surface area contributed by atoms with E-state index in [1.165, 1.54) is 11.8 Å². The van der Waals surface area contributed by atoms with Gasteiger partial charge in [0.2, 0.25) is 5.91 Å². The maximum absolute atomic E-state index is 11.8. The first-order valence-corrected chi connectivity index (χ1v) is 8.25. The van der Waals surface area contributed by atoms with Gasteiger partial charge < -0.3 is 5.32 Å². The number of thiazole rings is 1. The first-order valence-electron chi connectivity index (χ1n) is 6.45. The first-order chi connectivity index (χ1) is 10.3. The lowest BCUT2D eigenvalue weighted by atomic mass is 10.3. The largest absolute Gasteiger partial charge is 0.351 e. The number of nitrogens with zero attached hydrogens (tertiary/aromatic N) is 2. The minimum absolute atomic E-state index is 0.0102. The van der Waals surface area contributed by atoms with Crippen LogP contribution < -0.4 is 5.32 Å². The Labute approximate surface area is 130 Å². The Morgan fingerprint density at radius 3 is 2.81 bits per heavy atom. The summed E-state index contributed by atoms with van der Waals surface area (Å²) < 4.78 is 2.08. The Bertz CT molecular complexity index is 710. The molecule has 0 spiro atoms. The molecule has 3 rings (SSSR count). The summed E-state index contributed by atoms with van der Waals surface area (Å²) >= 11 is 3.09. The average molecular weight is 315 g/mol. The molecule has 106 valence electrons. The Morgan fingerprint density at radius 1 is 1.19 bits per heavy atom. The molecule has 0 fully saturated rings. The summed E-state index contributed by atoms with van der Waals surface area (Å²) in [6, 6.07) is 11.8. The molecule has 0 saturated heterocycles. The number of nitrogens with one attached hydrogen (secondary N) is 1. The van der Waals surface area contributed by atoms with Crippen molar-refractivity contribution in [2.24, 2.45) is 0 Å². The molecule has 4 nitrogen and oxygen atoms in total. The quantitative estimate of drug-likeness (QED) is 0.735. The highest BCUT2D eigenvalue weighted by atomic mass is 32.2. The monoisotopic (exact) mass is 315 g/mol. The summed E-state index contributed by atoms with van der Waals surface area (Å²) in [6.07, 6.45) is 3.44. The average Bonchev–Trinajstić information content (AvgIpc) is 2.95. The van der Waals surface area contributed by atoms with E-state index in [9.17, 15) is 4.79 Å². The molecule has 0 aliphatic carbocycles. The zero-order valence-electron chi connectivity index (χ0n) is 11.2. The van der Waals surface area contributed by atoms with Crippen molar-refractivity contribution in [2.45, 2.75) is 10.9 Å². The van der Waals surface area contributed by atoms with Crippen molar-refractivity contribution in [1.29, 1.82) is 0 Å². The number of hydrogen-bond acceptors (Lipinski definition) is 5.